The molecule has 0 spiro atoms. The molecule has 0 amide bonds. The topological polar surface area (TPSA) is 102 Å². The van der Waals surface area contributed by atoms with Gasteiger partial charge in [-0.3, -0.25) is 4.72 Å². The average molecular weight is 449 g/mol. The normalized spacial score (nSPS) is 11.4. The van der Waals surface area contributed by atoms with Crippen molar-refractivity contribution >= 4 is 27.2 Å². The molecule has 4 rings (SSSR count). The lowest BCUT2D eigenvalue weighted by Gasteiger charge is -2.13. The van der Waals surface area contributed by atoms with E-state index in [0.717, 1.165) is 22.5 Å². The van der Waals surface area contributed by atoms with E-state index in [1.54, 1.807) is 48.0 Å². The zero-order valence-corrected chi connectivity index (χ0v) is 19.1. The lowest BCUT2D eigenvalue weighted by Crippen LogP contribution is -2.14. The zero-order valence-electron chi connectivity index (χ0n) is 18.3. The first-order chi connectivity index (χ1) is 15.2. The summed E-state index contributed by atoms with van der Waals surface area (Å²) in [5.74, 6) is 1.19. The molecule has 2 N–H and O–H groups in total. The Hall–Kier alpha value is -3.72. The first-order valence-electron chi connectivity index (χ1n) is 10.1. The van der Waals surface area contributed by atoms with E-state index in [1.165, 1.54) is 0 Å². The standard InChI is InChI=1S/C23H24N6O2S/c1-15-13-17(3)21(14-16(15)2)32(30,31)28-20-7-5-19(6-8-20)24-22-9-10-23(26-25-22)29-12-11-18(4)27-29/h5-14,28H,1-4H3,(H,24,25). The third kappa shape index (κ3) is 4.62. The highest BCUT2D eigenvalue weighted by molar-refractivity contribution is 7.92. The molecule has 0 radical (unpaired) electrons. The van der Waals surface area contributed by atoms with Crippen molar-refractivity contribution < 1.29 is 8.42 Å². The van der Waals surface area contributed by atoms with Gasteiger partial charge < -0.3 is 5.32 Å². The van der Waals surface area contributed by atoms with Crippen molar-refractivity contribution in [3.63, 3.8) is 0 Å². The van der Waals surface area contributed by atoms with E-state index >= 15 is 0 Å². The number of benzene rings is 2. The molecule has 4 aromatic rings. The number of sulfonamides is 1. The predicted octanol–water partition coefficient (Wildman–Crippen LogP) is 4.44. The fraction of sp³-hybridized carbons (Fsp3) is 0.174. The molecular weight excluding hydrogens is 424 g/mol. The van der Waals surface area contributed by atoms with Crippen LogP contribution in [0.25, 0.3) is 5.82 Å². The van der Waals surface area contributed by atoms with Gasteiger partial charge in [0.05, 0.1) is 10.6 Å². The Kier molecular flexibility index (Phi) is 5.67. The van der Waals surface area contributed by atoms with E-state index in [4.69, 9.17) is 0 Å². The summed E-state index contributed by atoms with van der Waals surface area (Å²) in [7, 11) is -3.69. The van der Waals surface area contributed by atoms with E-state index in [-0.39, 0.29) is 4.90 Å². The summed E-state index contributed by atoms with van der Waals surface area (Å²) in [5.41, 5.74) is 4.85. The molecule has 0 aliphatic heterocycles. The highest BCUT2D eigenvalue weighted by Gasteiger charge is 2.18. The van der Waals surface area contributed by atoms with Crippen LogP contribution in [0.1, 0.15) is 22.4 Å². The molecule has 0 saturated heterocycles. The number of hydrogen-bond acceptors (Lipinski definition) is 6. The molecule has 0 bridgehead atoms. The van der Waals surface area contributed by atoms with Crippen LogP contribution in [0, 0.1) is 27.7 Å². The van der Waals surface area contributed by atoms with Gasteiger partial charge in [0, 0.05) is 17.6 Å². The summed E-state index contributed by atoms with van der Waals surface area (Å²) >= 11 is 0. The number of aromatic nitrogens is 4. The van der Waals surface area contributed by atoms with Crippen molar-refractivity contribution in [2.75, 3.05) is 10.0 Å². The van der Waals surface area contributed by atoms with E-state index in [9.17, 15) is 8.42 Å². The largest absolute Gasteiger partial charge is 0.339 e. The second kappa shape index (κ2) is 8.43. The molecule has 0 aliphatic rings. The van der Waals surface area contributed by atoms with E-state index in [1.807, 2.05) is 45.2 Å². The summed E-state index contributed by atoms with van der Waals surface area (Å²) in [5, 5.41) is 15.8. The second-order valence-electron chi connectivity index (χ2n) is 7.69. The van der Waals surface area contributed by atoms with Gasteiger partial charge in [-0.25, -0.2) is 13.1 Å². The molecule has 2 aromatic heterocycles. The van der Waals surface area contributed by atoms with Crippen LogP contribution in [0.15, 0.2) is 65.7 Å². The molecule has 2 aromatic carbocycles. The van der Waals surface area contributed by atoms with E-state index in [0.29, 0.717) is 22.9 Å². The molecule has 9 heteroatoms. The Labute approximate surface area is 187 Å². The van der Waals surface area contributed by atoms with Crippen LogP contribution in [0.4, 0.5) is 17.2 Å². The molecule has 0 fully saturated rings. The van der Waals surface area contributed by atoms with Gasteiger partial charge in [0.2, 0.25) is 0 Å². The number of anilines is 3. The van der Waals surface area contributed by atoms with Crippen LogP contribution in [0.5, 0.6) is 0 Å². The number of nitrogens with zero attached hydrogens (tertiary/aromatic N) is 4. The van der Waals surface area contributed by atoms with Crippen LogP contribution in [0.3, 0.4) is 0 Å². The van der Waals surface area contributed by atoms with Crippen molar-refractivity contribution in [2.45, 2.75) is 32.6 Å². The third-order valence-electron chi connectivity index (χ3n) is 5.10. The summed E-state index contributed by atoms with van der Waals surface area (Å²) in [6, 6.07) is 16.1. The Morgan fingerprint density at radius 2 is 1.47 bits per heavy atom. The van der Waals surface area contributed by atoms with Crippen molar-refractivity contribution in [1.82, 2.24) is 20.0 Å². The van der Waals surface area contributed by atoms with Gasteiger partial charge >= 0.3 is 0 Å². The monoisotopic (exact) mass is 448 g/mol. The third-order valence-corrected chi connectivity index (χ3v) is 6.62. The summed E-state index contributed by atoms with van der Waals surface area (Å²) in [6.07, 6.45) is 1.83. The second-order valence-corrected chi connectivity index (χ2v) is 9.34. The molecule has 0 atom stereocenters. The first kappa shape index (κ1) is 21.5. The number of aryl methyl sites for hydroxylation is 4. The molecule has 2 heterocycles. The molecule has 164 valence electrons. The minimum Gasteiger partial charge on any atom is -0.339 e. The van der Waals surface area contributed by atoms with Crippen molar-refractivity contribution in [3.05, 3.63) is 83.2 Å². The van der Waals surface area contributed by atoms with Gasteiger partial charge in [-0.05, 0) is 92.9 Å². The molecular formula is C23H24N6O2S. The molecule has 0 saturated carbocycles. The highest BCUT2D eigenvalue weighted by atomic mass is 32.2. The quantitative estimate of drug-likeness (QED) is 0.452. The summed E-state index contributed by atoms with van der Waals surface area (Å²) in [4.78, 5) is 0.283. The van der Waals surface area contributed by atoms with Crippen molar-refractivity contribution in [2.24, 2.45) is 0 Å². The lowest BCUT2D eigenvalue weighted by molar-refractivity contribution is 0.600. The first-order valence-corrected chi connectivity index (χ1v) is 11.5. The van der Waals surface area contributed by atoms with Gasteiger partial charge in [-0.1, -0.05) is 6.07 Å². The smallest absolute Gasteiger partial charge is 0.262 e. The van der Waals surface area contributed by atoms with Crippen LogP contribution < -0.4 is 10.0 Å². The lowest BCUT2D eigenvalue weighted by atomic mass is 10.1. The Morgan fingerprint density at radius 1 is 0.781 bits per heavy atom. The van der Waals surface area contributed by atoms with Gasteiger partial charge in [0.25, 0.3) is 10.0 Å². The molecule has 0 aliphatic carbocycles. The van der Waals surface area contributed by atoms with Gasteiger partial charge in [-0.15, -0.1) is 10.2 Å². The van der Waals surface area contributed by atoms with Crippen molar-refractivity contribution in [1.29, 1.82) is 0 Å². The van der Waals surface area contributed by atoms with Gasteiger partial charge in [0.15, 0.2) is 11.6 Å². The SMILES string of the molecule is Cc1ccn(-c2ccc(Nc3ccc(NS(=O)(=O)c4cc(C)c(C)cc4C)cc3)nn2)n1. The molecule has 0 unspecified atom stereocenters. The summed E-state index contributed by atoms with van der Waals surface area (Å²) in [6.45, 7) is 7.58. The van der Waals surface area contributed by atoms with Gasteiger partial charge in [0.1, 0.15) is 0 Å². The highest BCUT2D eigenvalue weighted by Crippen LogP contribution is 2.24. The zero-order chi connectivity index (χ0) is 22.9. The summed E-state index contributed by atoms with van der Waals surface area (Å²) < 4.78 is 30.0. The van der Waals surface area contributed by atoms with Crippen LogP contribution in [-0.2, 0) is 10.0 Å². The van der Waals surface area contributed by atoms with Gasteiger partial charge in [-0.2, -0.15) is 5.10 Å². The molecule has 32 heavy (non-hydrogen) atoms. The van der Waals surface area contributed by atoms with Crippen LogP contribution >= 0.6 is 0 Å². The molecule has 8 nitrogen and oxygen atoms in total. The number of hydrogen-bond donors (Lipinski definition) is 2. The Balaban J connectivity index is 1.46. The predicted molar refractivity (Wildman–Crippen MR) is 125 cm³/mol. The fourth-order valence-electron chi connectivity index (χ4n) is 3.26. The van der Waals surface area contributed by atoms with E-state index < -0.39 is 10.0 Å². The Bertz CT molecular complexity index is 1360. The van der Waals surface area contributed by atoms with E-state index in [2.05, 4.69) is 25.3 Å². The fourth-order valence-corrected chi connectivity index (χ4v) is 4.63. The van der Waals surface area contributed by atoms with Crippen molar-refractivity contribution in [3.8, 4) is 5.82 Å². The minimum absolute atomic E-state index is 0.283. The number of nitrogens with one attached hydrogen (secondary N) is 2. The minimum atomic E-state index is -3.69. The Morgan fingerprint density at radius 3 is 2.09 bits per heavy atom. The maximum absolute atomic E-state index is 12.9. The maximum atomic E-state index is 12.9. The van der Waals surface area contributed by atoms with Crippen LogP contribution in [0.2, 0.25) is 0 Å². The maximum Gasteiger partial charge on any atom is 0.262 e. The van der Waals surface area contributed by atoms with Crippen LogP contribution in [-0.4, -0.2) is 28.4 Å². The number of rotatable bonds is 6. The average Bonchev–Trinajstić information content (AvgIpc) is 3.18.